The summed E-state index contributed by atoms with van der Waals surface area (Å²) in [5.74, 6) is -0.0737. The van der Waals surface area contributed by atoms with E-state index < -0.39 is 6.04 Å². The molecule has 0 saturated carbocycles. The van der Waals surface area contributed by atoms with Gasteiger partial charge < -0.3 is 20.7 Å². The van der Waals surface area contributed by atoms with Gasteiger partial charge in [0.05, 0.1) is 7.11 Å². The van der Waals surface area contributed by atoms with Crippen molar-refractivity contribution in [3.05, 3.63) is 35.9 Å². The SMILES string of the molecule is CCNC(=O)[C@H](C)NC(=O)CCNC(=O)/C=C/c1ccc(OC)cc1. The number of carbonyl (C=O) groups excluding carboxylic acids is 3. The van der Waals surface area contributed by atoms with Crippen LogP contribution in [0.3, 0.4) is 0 Å². The smallest absolute Gasteiger partial charge is 0.244 e. The fourth-order valence-corrected chi connectivity index (χ4v) is 1.95. The summed E-state index contributed by atoms with van der Waals surface area (Å²) in [6.45, 7) is 4.12. The molecule has 25 heavy (non-hydrogen) atoms. The molecule has 1 aromatic rings. The van der Waals surface area contributed by atoms with Gasteiger partial charge in [-0.05, 0) is 37.6 Å². The number of hydrogen-bond acceptors (Lipinski definition) is 4. The standard InChI is InChI=1S/C18H25N3O4/c1-4-19-18(24)13(2)21-17(23)11-12-20-16(22)10-7-14-5-8-15(25-3)9-6-14/h5-10,13H,4,11-12H2,1-3H3,(H,19,24)(H,20,22)(H,21,23)/b10-7+/t13-/m0/s1. The molecule has 0 spiro atoms. The molecule has 0 radical (unpaired) electrons. The van der Waals surface area contributed by atoms with Gasteiger partial charge in [0.2, 0.25) is 17.7 Å². The Labute approximate surface area is 147 Å². The van der Waals surface area contributed by atoms with E-state index in [1.165, 1.54) is 6.08 Å². The highest BCUT2D eigenvalue weighted by Crippen LogP contribution is 2.12. The summed E-state index contributed by atoms with van der Waals surface area (Å²) in [7, 11) is 1.59. The highest BCUT2D eigenvalue weighted by molar-refractivity contribution is 5.92. The number of amides is 3. The fraction of sp³-hybridized carbons (Fsp3) is 0.389. The van der Waals surface area contributed by atoms with Crippen molar-refractivity contribution in [2.75, 3.05) is 20.2 Å². The van der Waals surface area contributed by atoms with Gasteiger partial charge in [0.25, 0.3) is 0 Å². The molecular formula is C18H25N3O4. The molecule has 1 atom stereocenters. The zero-order valence-electron chi connectivity index (χ0n) is 14.8. The summed E-state index contributed by atoms with van der Waals surface area (Å²) in [6.07, 6.45) is 3.18. The minimum Gasteiger partial charge on any atom is -0.497 e. The molecule has 0 saturated heterocycles. The van der Waals surface area contributed by atoms with Crippen LogP contribution in [0.15, 0.2) is 30.3 Å². The molecular weight excluding hydrogens is 322 g/mol. The predicted molar refractivity (Wildman–Crippen MR) is 95.9 cm³/mol. The molecule has 3 amide bonds. The van der Waals surface area contributed by atoms with Crippen molar-refractivity contribution < 1.29 is 19.1 Å². The van der Waals surface area contributed by atoms with E-state index in [0.29, 0.717) is 6.54 Å². The molecule has 136 valence electrons. The Balaban J connectivity index is 2.30. The van der Waals surface area contributed by atoms with Crippen LogP contribution in [0.25, 0.3) is 6.08 Å². The van der Waals surface area contributed by atoms with Crippen molar-refractivity contribution >= 4 is 23.8 Å². The van der Waals surface area contributed by atoms with Crippen molar-refractivity contribution in [1.29, 1.82) is 0 Å². The van der Waals surface area contributed by atoms with Gasteiger partial charge in [0.1, 0.15) is 11.8 Å². The van der Waals surface area contributed by atoms with Gasteiger partial charge in [-0.2, -0.15) is 0 Å². The van der Waals surface area contributed by atoms with Crippen LogP contribution in [0.5, 0.6) is 5.75 Å². The summed E-state index contributed by atoms with van der Waals surface area (Å²) in [4.78, 5) is 34.9. The Bertz CT molecular complexity index is 611. The third-order valence-electron chi connectivity index (χ3n) is 3.32. The maximum Gasteiger partial charge on any atom is 0.244 e. The van der Waals surface area contributed by atoms with Crippen LogP contribution in [-0.2, 0) is 14.4 Å². The predicted octanol–water partition coefficient (Wildman–Crippen LogP) is 0.856. The van der Waals surface area contributed by atoms with Gasteiger partial charge >= 0.3 is 0 Å². The third-order valence-corrected chi connectivity index (χ3v) is 3.32. The monoisotopic (exact) mass is 347 g/mol. The quantitative estimate of drug-likeness (QED) is 0.577. The summed E-state index contributed by atoms with van der Waals surface area (Å²) in [6, 6.07) is 6.67. The first-order chi connectivity index (χ1) is 12.0. The van der Waals surface area contributed by atoms with Crippen LogP contribution in [-0.4, -0.2) is 44.0 Å². The van der Waals surface area contributed by atoms with Crippen LogP contribution in [0, 0.1) is 0 Å². The average Bonchev–Trinajstić information content (AvgIpc) is 2.60. The zero-order valence-corrected chi connectivity index (χ0v) is 14.8. The van der Waals surface area contributed by atoms with E-state index in [0.717, 1.165) is 11.3 Å². The van der Waals surface area contributed by atoms with Gasteiger partial charge in [0, 0.05) is 25.6 Å². The van der Waals surface area contributed by atoms with E-state index in [2.05, 4.69) is 16.0 Å². The largest absolute Gasteiger partial charge is 0.497 e. The van der Waals surface area contributed by atoms with Crippen LogP contribution >= 0.6 is 0 Å². The first-order valence-corrected chi connectivity index (χ1v) is 8.13. The maximum atomic E-state index is 11.7. The van der Waals surface area contributed by atoms with E-state index in [1.54, 1.807) is 39.2 Å². The van der Waals surface area contributed by atoms with E-state index in [-0.39, 0.29) is 30.7 Å². The van der Waals surface area contributed by atoms with Crippen molar-refractivity contribution in [2.45, 2.75) is 26.3 Å². The van der Waals surface area contributed by atoms with Crippen molar-refractivity contribution in [3.63, 3.8) is 0 Å². The van der Waals surface area contributed by atoms with Gasteiger partial charge in [-0.25, -0.2) is 0 Å². The first kappa shape index (κ1) is 20.2. The highest BCUT2D eigenvalue weighted by atomic mass is 16.5. The Kier molecular flexibility index (Phi) is 8.78. The Morgan fingerprint density at radius 2 is 1.84 bits per heavy atom. The van der Waals surface area contributed by atoms with Crippen molar-refractivity contribution in [2.24, 2.45) is 0 Å². The molecule has 0 aliphatic rings. The Hall–Kier alpha value is -2.83. The minimum absolute atomic E-state index is 0.103. The number of hydrogen-bond donors (Lipinski definition) is 3. The summed E-state index contributed by atoms with van der Waals surface area (Å²) in [5.41, 5.74) is 0.865. The van der Waals surface area contributed by atoms with E-state index >= 15 is 0 Å². The van der Waals surface area contributed by atoms with Crippen molar-refractivity contribution in [3.8, 4) is 5.75 Å². The summed E-state index contributed by atoms with van der Waals surface area (Å²) in [5, 5.41) is 7.82. The fourth-order valence-electron chi connectivity index (χ4n) is 1.95. The molecule has 0 bridgehead atoms. The molecule has 0 heterocycles. The lowest BCUT2D eigenvalue weighted by molar-refractivity contribution is -0.128. The Morgan fingerprint density at radius 3 is 2.44 bits per heavy atom. The van der Waals surface area contributed by atoms with E-state index in [1.807, 2.05) is 12.1 Å². The molecule has 0 aliphatic carbocycles. The molecule has 0 aliphatic heterocycles. The molecule has 0 fully saturated rings. The van der Waals surface area contributed by atoms with E-state index in [4.69, 9.17) is 4.74 Å². The van der Waals surface area contributed by atoms with Gasteiger partial charge in [-0.15, -0.1) is 0 Å². The second-order valence-corrected chi connectivity index (χ2v) is 5.33. The number of nitrogens with one attached hydrogen (secondary N) is 3. The second-order valence-electron chi connectivity index (χ2n) is 5.33. The van der Waals surface area contributed by atoms with Gasteiger partial charge in [-0.3, -0.25) is 14.4 Å². The van der Waals surface area contributed by atoms with Crippen molar-refractivity contribution in [1.82, 2.24) is 16.0 Å². The molecule has 7 heteroatoms. The van der Waals surface area contributed by atoms with E-state index in [9.17, 15) is 14.4 Å². The van der Waals surface area contributed by atoms with Gasteiger partial charge in [-0.1, -0.05) is 12.1 Å². The number of methoxy groups -OCH3 is 1. The normalized spacial score (nSPS) is 11.6. The van der Waals surface area contributed by atoms with Crippen LogP contribution in [0.2, 0.25) is 0 Å². The summed E-state index contributed by atoms with van der Waals surface area (Å²) >= 11 is 0. The topological polar surface area (TPSA) is 96.5 Å². The molecule has 7 nitrogen and oxygen atoms in total. The minimum atomic E-state index is -0.599. The highest BCUT2D eigenvalue weighted by Gasteiger charge is 2.14. The molecule has 1 aromatic carbocycles. The average molecular weight is 347 g/mol. The third kappa shape index (κ3) is 8.01. The van der Waals surface area contributed by atoms with Gasteiger partial charge in [0.15, 0.2) is 0 Å². The lowest BCUT2D eigenvalue weighted by Gasteiger charge is -2.13. The Morgan fingerprint density at radius 1 is 1.16 bits per heavy atom. The second kappa shape index (κ2) is 10.9. The lowest BCUT2D eigenvalue weighted by atomic mass is 10.2. The van der Waals surface area contributed by atoms with Crippen LogP contribution in [0.4, 0.5) is 0 Å². The number of likely N-dealkylation sites (N-methyl/N-ethyl adjacent to an activating group) is 1. The first-order valence-electron chi connectivity index (χ1n) is 8.13. The molecule has 0 aromatic heterocycles. The van der Waals surface area contributed by atoms with Crippen LogP contribution in [0.1, 0.15) is 25.8 Å². The summed E-state index contributed by atoms with van der Waals surface area (Å²) < 4.78 is 5.06. The number of benzene rings is 1. The zero-order chi connectivity index (χ0) is 18.7. The molecule has 0 unspecified atom stereocenters. The molecule has 1 rings (SSSR count). The number of carbonyl (C=O) groups is 3. The number of ether oxygens (including phenoxy) is 1. The molecule has 3 N–H and O–H groups in total. The maximum absolute atomic E-state index is 11.7. The van der Waals surface area contributed by atoms with Crippen LogP contribution < -0.4 is 20.7 Å². The lowest BCUT2D eigenvalue weighted by Crippen LogP contribution is -2.45. The number of rotatable bonds is 9.